The number of hydrogen-bond donors (Lipinski definition) is 0. The number of benzene rings is 1. The summed E-state index contributed by atoms with van der Waals surface area (Å²) in [4.78, 5) is 21.6. The van der Waals surface area contributed by atoms with Crippen LogP contribution >= 0.6 is 23.7 Å². The van der Waals surface area contributed by atoms with Crippen molar-refractivity contribution in [2.24, 2.45) is 0 Å². The van der Waals surface area contributed by atoms with Crippen LogP contribution in [0.3, 0.4) is 0 Å². The van der Waals surface area contributed by atoms with Crippen LogP contribution in [-0.2, 0) is 9.53 Å². The normalized spacial score (nSPS) is 15.0. The van der Waals surface area contributed by atoms with Crippen LogP contribution in [0.1, 0.15) is 31.7 Å². The molecule has 1 fully saturated rings. The van der Waals surface area contributed by atoms with Gasteiger partial charge in [-0.3, -0.25) is 14.6 Å². The molecule has 1 aliphatic heterocycles. The number of amides is 1. The number of anilines is 1. The Bertz CT molecular complexity index is 716. The van der Waals surface area contributed by atoms with Gasteiger partial charge in [-0.25, -0.2) is 4.98 Å². The maximum Gasteiger partial charge on any atom is 0.228 e. The van der Waals surface area contributed by atoms with Gasteiger partial charge in [-0.1, -0.05) is 24.3 Å². The molecule has 2 heterocycles. The number of ether oxygens (including phenoxy) is 1. The van der Waals surface area contributed by atoms with Gasteiger partial charge in [0.15, 0.2) is 5.13 Å². The predicted molar refractivity (Wildman–Crippen MR) is 111 cm³/mol. The van der Waals surface area contributed by atoms with Crippen molar-refractivity contribution < 1.29 is 9.53 Å². The summed E-state index contributed by atoms with van der Waals surface area (Å²) in [6.07, 6.45) is 2.40. The van der Waals surface area contributed by atoms with E-state index in [2.05, 4.69) is 24.0 Å². The summed E-state index contributed by atoms with van der Waals surface area (Å²) in [6.45, 7) is 9.48. The number of halogens is 1. The fraction of sp³-hybridized carbons (Fsp3) is 0.579. The Morgan fingerprint density at radius 3 is 2.85 bits per heavy atom. The fourth-order valence-electron chi connectivity index (χ4n) is 3.09. The highest BCUT2D eigenvalue weighted by Crippen LogP contribution is 2.30. The molecular formula is C19H28ClN3O2S. The molecule has 1 aromatic heterocycles. The average Bonchev–Trinajstić information content (AvgIpc) is 3.02. The van der Waals surface area contributed by atoms with E-state index >= 15 is 0 Å². The average molecular weight is 398 g/mol. The summed E-state index contributed by atoms with van der Waals surface area (Å²) < 4.78 is 6.55. The number of aryl methyl sites for hydroxylation is 1. The van der Waals surface area contributed by atoms with E-state index in [-0.39, 0.29) is 18.3 Å². The zero-order chi connectivity index (χ0) is 17.6. The largest absolute Gasteiger partial charge is 0.379 e. The third kappa shape index (κ3) is 5.39. The number of hydrogen-bond acceptors (Lipinski definition) is 5. The zero-order valence-electron chi connectivity index (χ0n) is 15.6. The highest BCUT2D eigenvalue weighted by molar-refractivity contribution is 7.22. The summed E-state index contributed by atoms with van der Waals surface area (Å²) in [5, 5.41) is 0.834. The number of carbonyl (C=O) groups excluding carboxylic acids is 1. The van der Waals surface area contributed by atoms with Crippen LogP contribution in [0.2, 0.25) is 0 Å². The first-order valence-electron chi connectivity index (χ1n) is 9.15. The third-order valence-corrected chi connectivity index (χ3v) is 5.53. The molecule has 5 nitrogen and oxygen atoms in total. The van der Waals surface area contributed by atoms with Gasteiger partial charge < -0.3 is 4.74 Å². The van der Waals surface area contributed by atoms with Crippen molar-refractivity contribution in [3.8, 4) is 0 Å². The van der Waals surface area contributed by atoms with Gasteiger partial charge in [0.25, 0.3) is 0 Å². The van der Waals surface area contributed by atoms with Gasteiger partial charge in [-0.15, -0.1) is 12.4 Å². The van der Waals surface area contributed by atoms with E-state index in [1.807, 2.05) is 17.9 Å². The van der Waals surface area contributed by atoms with Crippen molar-refractivity contribution in [3.05, 3.63) is 23.8 Å². The molecule has 0 radical (unpaired) electrons. The molecule has 1 aromatic carbocycles. The smallest absolute Gasteiger partial charge is 0.228 e. The molecule has 0 saturated carbocycles. The van der Waals surface area contributed by atoms with Gasteiger partial charge in [0.2, 0.25) is 5.91 Å². The van der Waals surface area contributed by atoms with Crippen molar-refractivity contribution in [2.75, 3.05) is 44.3 Å². The second kappa shape index (κ2) is 10.2. The molecule has 0 N–H and O–H groups in total. The summed E-state index contributed by atoms with van der Waals surface area (Å²) in [6, 6.07) is 6.26. The Morgan fingerprint density at radius 1 is 1.35 bits per heavy atom. The van der Waals surface area contributed by atoms with Gasteiger partial charge in [0, 0.05) is 32.6 Å². The van der Waals surface area contributed by atoms with Crippen LogP contribution < -0.4 is 4.90 Å². The molecule has 0 bridgehead atoms. The zero-order valence-corrected chi connectivity index (χ0v) is 17.2. The second-order valence-electron chi connectivity index (χ2n) is 6.57. The van der Waals surface area contributed by atoms with Crippen LogP contribution in [0.4, 0.5) is 5.13 Å². The molecular weight excluding hydrogens is 370 g/mol. The molecule has 3 rings (SSSR count). The van der Waals surface area contributed by atoms with E-state index in [4.69, 9.17) is 9.72 Å². The number of thiazole rings is 1. The Labute approximate surface area is 165 Å². The van der Waals surface area contributed by atoms with Gasteiger partial charge in [-0.05, 0) is 37.5 Å². The lowest BCUT2D eigenvalue weighted by atomic mass is 10.2. The van der Waals surface area contributed by atoms with Crippen molar-refractivity contribution in [1.29, 1.82) is 0 Å². The molecule has 2 aromatic rings. The third-order valence-electron chi connectivity index (χ3n) is 4.49. The van der Waals surface area contributed by atoms with E-state index in [0.717, 1.165) is 67.6 Å². The van der Waals surface area contributed by atoms with Crippen LogP contribution in [-0.4, -0.2) is 55.2 Å². The van der Waals surface area contributed by atoms with Crippen LogP contribution in [0.5, 0.6) is 0 Å². The van der Waals surface area contributed by atoms with E-state index < -0.39 is 0 Å². The summed E-state index contributed by atoms with van der Waals surface area (Å²) in [5.41, 5.74) is 2.20. The quantitative estimate of drug-likeness (QED) is 0.711. The summed E-state index contributed by atoms with van der Waals surface area (Å²) in [7, 11) is 0. The van der Waals surface area contributed by atoms with Crippen molar-refractivity contribution >= 4 is 45.0 Å². The number of rotatable bonds is 7. The number of carbonyl (C=O) groups is 1. The fourth-order valence-corrected chi connectivity index (χ4v) is 4.20. The van der Waals surface area contributed by atoms with E-state index in [0.29, 0.717) is 6.42 Å². The lowest BCUT2D eigenvalue weighted by Gasteiger charge is -2.27. The summed E-state index contributed by atoms with van der Waals surface area (Å²) in [5.74, 6) is 0.181. The Balaban J connectivity index is 0.00000243. The maximum absolute atomic E-state index is 12.6. The SMILES string of the molecule is CCCC(=O)N(CCCN1CCOCC1)c1nc2ccc(C)cc2s1.Cl. The molecule has 1 amide bonds. The van der Waals surface area contributed by atoms with Gasteiger partial charge >= 0.3 is 0 Å². The molecule has 0 spiro atoms. The molecule has 1 aliphatic rings. The Kier molecular flexibility index (Phi) is 8.28. The first-order valence-corrected chi connectivity index (χ1v) is 9.96. The Hall–Kier alpha value is -1.21. The van der Waals surface area contributed by atoms with Crippen LogP contribution in [0.15, 0.2) is 18.2 Å². The van der Waals surface area contributed by atoms with E-state index in [1.54, 1.807) is 11.3 Å². The maximum atomic E-state index is 12.6. The van der Waals surface area contributed by atoms with Gasteiger partial charge in [0.05, 0.1) is 23.4 Å². The molecule has 26 heavy (non-hydrogen) atoms. The monoisotopic (exact) mass is 397 g/mol. The molecule has 144 valence electrons. The number of aromatic nitrogens is 1. The standard InChI is InChI=1S/C19H27N3O2S.ClH/c1-3-5-18(23)22(9-4-8-21-10-12-24-13-11-21)19-20-16-7-6-15(2)14-17(16)25-19;/h6-7,14H,3-5,8-13H2,1-2H3;1H. The molecule has 1 saturated heterocycles. The Morgan fingerprint density at radius 2 is 2.12 bits per heavy atom. The summed E-state index contributed by atoms with van der Waals surface area (Å²) >= 11 is 1.62. The first kappa shape index (κ1) is 21.1. The lowest BCUT2D eigenvalue weighted by Crippen LogP contribution is -2.39. The molecule has 0 aliphatic carbocycles. The number of nitrogens with zero attached hydrogens (tertiary/aromatic N) is 3. The topological polar surface area (TPSA) is 45.7 Å². The van der Waals surface area contributed by atoms with Crippen molar-refractivity contribution in [3.63, 3.8) is 0 Å². The molecule has 0 unspecified atom stereocenters. The van der Waals surface area contributed by atoms with Crippen molar-refractivity contribution in [1.82, 2.24) is 9.88 Å². The van der Waals surface area contributed by atoms with Gasteiger partial charge in [-0.2, -0.15) is 0 Å². The second-order valence-corrected chi connectivity index (χ2v) is 7.58. The minimum atomic E-state index is 0. The predicted octanol–water partition coefficient (Wildman–Crippen LogP) is 3.88. The van der Waals surface area contributed by atoms with Crippen LogP contribution in [0.25, 0.3) is 10.2 Å². The lowest BCUT2D eigenvalue weighted by molar-refractivity contribution is -0.118. The number of fused-ring (bicyclic) bond motifs is 1. The minimum Gasteiger partial charge on any atom is -0.379 e. The van der Waals surface area contributed by atoms with Crippen molar-refractivity contribution in [2.45, 2.75) is 33.1 Å². The minimum absolute atomic E-state index is 0. The van der Waals surface area contributed by atoms with Gasteiger partial charge in [0.1, 0.15) is 0 Å². The highest BCUT2D eigenvalue weighted by atomic mass is 35.5. The van der Waals surface area contributed by atoms with E-state index in [1.165, 1.54) is 5.56 Å². The first-order chi connectivity index (χ1) is 12.2. The van der Waals surface area contributed by atoms with E-state index in [9.17, 15) is 4.79 Å². The highest BCUT2D eigenvalue weighted by Gasteiger charge is 2.19. The molecule has 7 heteroatoms. The molecule has 0 atom stereocenters. The number of morpholine rings is 1. The van der Waals surface area contributed by atoms with Crippen LogP contribution in [0, 0.1) is 6.92 Å².